The van der Waals surface area contributed by atoms with Crippen LogP contribution in [0.4, 0.5) is 11.1 Å². The number of aryl methyl sites for hydroxylation is 2. The molecule has 1 unspecified atom stereocenters. The van der Waals surface area contributed by atoms with Crippen molar-refractivity contribution in [3.8, 4) is 0 Å². The highest BCUT2D eigenvalue weighted by Gasteiger charge is 2.24. The number of thiazole rings is 1. The molecule has 1 saturated heterocycles. The van der Waals surface area contributed by atoms with Crippen LogP contribution in [0, 0.1) is 0 Å². The Morgan fingerprint density at radius 1 is 1.43 bits per heavy atom. The van der Waals surface area contributed by atoms with Gasteiger partial charge in [-0.15, -0.1) is 11.3 Å². The van der Waals surface area contributed by atoms with Crippen molar-refractivity contribution >= 4 is 39.4 Å². The van der Waals surface area contributed by atoms with E-state index in [1.54, 1.807) is 0 Å². The summed E-state index contributed by atoms with van der Waals surface area (Å²) >= 11 is 1.43. The fourth-order valence-corrected chi connectivity index (χ4v) is 4.14. The number of β-amino-alcohol motifs (C(OH)–C–C–N with tert-alkyl or cyclic N) is 1. The van der Waals surface area contributed by atoms with Crippen LogP contribution in [0.1, 0.15) is 28.9 Å². The number of nitrogens with two attached hydrogens (primary N) is 1. The third-order valence-corrected chi connectivity index (χ3v) is 5.75. The van der Waals surface area contributed by atoms with Gasteiger partial charge in [0.1, 0.15) is 0 Å². The topological polar surface area (TPSA) is 109 Å². The number of amides is 1. The highest BCUT2D eigenvalue weighted by Crippen LogP contribution is 2.25. The monoisotopic (exact) mass is 400 g/mol. The summed E-state index contributed by atoms with van der Waals surface area (Å²) in [4.78, 5) is 23.5. The summed E-state index contributed by atoms with van der Waals surface area (Å²) in [6, 6.07) is 5.57. The number of nitrogens with one attached hydrogen (secondary N) is 1. The van der Waals surface area contributed by atoms with E-state index in [4.69, 9.17) is 5.73 Å². The van der Waals surface area contributed by atoms with Crippen molar-refractivity contribution in [2.75, 3.05) is 30.3 Å². The van der Waals surface area contributed by atoms with Gasteiger partial charge in [-0.1, -0.05) is 0 Å². The number of hydrogen-bond donors (Lipinski definition) is 3. The van der Waals surface area contributed by atoms with Crippen LogP contribution in [0.25, 0.3) is 11.0 Å². The molecule has 3 heterocycles. The lowest BCUT2D eigenvalue weighted by Crippen LogP contribution is -2.24. The van der Waals surface area contributed by atoms with Crippen molar-refractivity contribution in [1.82, 2.24) is 19.9 Å². The number of nitrogen functional groups attached to an aromatic ring is 1. The van der Waals surface area contributed by atoms with E-state index < -0.39 is 0 Å². The summed E-state index contributed by atoms with van der Waals surface area (Å²) in [6.07, 6.45) is 2.05. The quantitative estimate of drug-likeness (QED) is 0.542. The van der Waals surface area contributed by atoms with Crippen molar-refractivity contribution in [2.45, 2.75) is 25.4 Å². The highest BCUT2D eigenvalue weighted by atomic mass is 32.1. The number of aliphatic hydroxyl groups excluding tert-OH is 1. The van der Waals surface area contributed by atoms with E-state index >= 15 is 0 Å². The zero-order valence-corrected chi connectivity index (χ0v) is 16.6. The number of benzene rings is 1. The van der Waals surface area contributed by atoms with E-state index in [9.17, 15) is 9.90 Å². The highest BCUT2D eigenvalue weighted by molar-refractivity contribution is 7.13. The van der Waals surface area contributed by atoms with E-state index in [-0.39, 0.29) is 12.0 Å². The molecule has 1 atom stereocenters. The Bertz CT molecular complexity index is 998. The van der Waals surface area contributed by atoms with Gasteiger partial charge in [-0.3, -0.25) is 4.79 Å². The van der Waals surface area contributed by atoms with E-state index in [1.165, 1.54) is 11.3 Å². The SMILES string of the molecule is Cn1c(N2CCC(O)C2)nc2cc(C(=O)NCCCc3csc(N)n3)ccc21. The van der Waals surface area contributed by atoms with Gasteiger partial charge in [-0.2, -0.15) is 0 Å². The van der Waals surface area contributed by atoms with Crippen LogP contribution >= 0.6 is 11.3 Å². The molecule has 0 bridgehead atoms. The predicted octanol–water partition coefficient (Wildman–Crippen LogP) is 1.55. The molecule has 148 valence electrons. The second-order valence-electron chi connectivity index (χ2n) is 7.10. The average Bonchev–Trinajstić information content (AvgIpc) is 3.38. The van der Waals surface area contributed by atoms with E-state index in [1.807, 2.05) is 35.2 Å². The second kappa shape index (κ2) is 7.76. The second-order valence-corrected chi connectivity index (χ2v) is 7.99. The number of imidazole rings is 1. The van der Waals surface area contributed by atoms with Crippen LogP contribution in [0.15, 0.2) is 23.6 Å². The van der Waals surface area contributed by atoms with Crippen LogP contribution in [0.3, 0.4) is 0 Å². The first-order valence-electron chi connectivity index (χ1n) is 9.39. The first-order valence-corrected chi connectivity index (χ1v) is 10.3. The maximum atomic E-state index is 12.5. The summed E-state index contributed by atoms with van der Waals surface area (Å²) in [5, 5.41) is 15.3. The molecule has 3 aromatic rings. The molecule has 2 aromatic heterocycles. The first kappa shape index (κ1) is 18.7. The number of aliphatic hydroxyl groups is 1. The molecule has 1 aliphatic rings. The van der Waals surface area contributed by atoms with Gasteiger partial charge in [0.2, 0.25) is 5.95 Å². The minimum Gasteiger partial charge on any atom is -0.391 e. The van der Waals surface area contributed by atoms with Crippen LogP contribution in [-0.4, -0.2) is 51.3 Å². The number of carbonyl (C=O) groups excluding carboxylic acids is 1. The largest absolute Gasteiger partial charge is 0.391 e. The maximum absolute atomic E-state index is 12.5. The van der Waals surface area contributed by atoms with E-state index in [0.29, 0.717) is 23.8 Å². The Kier molecular flexibility index (Phi) is 5.19. The number of fused-ring (bicyclic) bond motifs is 1. The van der Waals surface area contributed by atoms with Crippen LogP contribution in [-0.2, 0) is 13.5 Å². The van der Waals surface area contributed by atoms with Gasteiger partial charge in [0, 0.05) is 37.6 Å². The van der Waals surface area contributed by atoms with Crippen molar-refractivity contribution in [1.29, 1.82) is 0 Å². The molecule has 0 radical (unpaired) electrons. The van der Waals surface area contributed by atoms with Crippen LogP contribution < -0.4 is 16.0 Å². The molecule has 9 heteroatoms. The molecule has 0 aliphatic carbocycles. The molecule has 4 rings (SSSR count). The molecular weight excluding hydrogens is 376 g/mol. The van der Waals surface area contributed by atoms with Crippen LogP contribution in [0.5, 0.6) is 0 Å². The molecule has 1 aromatic carbocycles. The van der Waals surface area contributed by atoms with Gasteiger partial charge in [0.25, 0.3) is 5.91 Å². The van der Waals surface area contributed by atoms with Crippen molar-refractivity contribution < 1.29 is 9.90 Å². The molecule has 1 amide bonds. The fraction of sp³-hybridized carbons (Fsp3) is 0.421. The average molecular weight is 401 g/mol. The zero-order chi connectivity index (χ0) is 19.7. The number of anilines is 2. The molecule has 0 saturated carbocycles. The van der Waals surface area contributed by atoms with Gasteiger partial charge in [-0.05, 0) is 37.5 Å². The Morgan fingerprint density at radius 2 is 2.29 bits per heavy atom. The Morgan fingerprint density at radius 3 is 3.00 bits per heavy atom. The van der Waals surface area contributed by atoms with E-state index in [2.05, 4.69) is 20.2 Å². The smallest absolute Gasteiger partial charge is 0.251 e. The summed E-state index contributed by atoms with van der Waals surface area (Å²) in [7, 11) is 1.96. The van der Waals surface area contributed by atoms with Gasteiger partial charge in [-0.25, -0.2) is 9.97 Å². The van der Waals surface area contributed by atoms with Crippen LogP contribution in [0.2, 0.25) is 0 Å². The number of carbonyl (C=O) groups is 1. The maximum Gasteiger partial charge on any atom is 0.251 e. The molecule has 1 fully saturated rings. The summed E-state index contributed by atoms with van der Waals surface area (Å²) in [5.41, 5.74) is 8.93. The Hall–Kier alpha value is -2.65. The van der Waals surface area contributed by atoms with Crippen molar-refractivity contribution in [2.24, 2.45) is 7.05 Å². The first-order chi connectivity index (χ1) is 13.5. The predicted molar refractivity (Wildman–Crippen MR) is 111 cm³/mol. The number of hydrogen-bond acceptors (Lipinski definition) is 7. The normalized spacial score (nSPS) is 16.8. The number of rotatable bonds is 6. The van der Waals surface area contributed by atoms with E-state index in [0.717, 1.165) is 48.5 Å². The van der Waals surface area contributed by atoms with Gasteiger partial charge in [0.15, 0.2) is 5.13 Å². The third-order valence-electron chi connectivity index (χ3n) is 5.03. The molecular formula is C19H24N6O2S. The lowest BCUT2D eigenvalue weighted by Gasteiger charge is -2.16. The lowest BCUT2D eigenvalue weighted by molar-refractivity contribution is 0.0953. The minimum absolute atomic E-state index is 0.108. The standard InChI is InChI=1S/C19H24N6O2S/c1-24-16-5-4-12(9-15(16)23-19(24)25-8-6-14(26)10-25)17(27)21-7-2-3-13-11-28-18(20)22-13/h4-5,9,11,14,26H,2-3,6-8,10H2,1H3,(H2,20,22)(H,21,27). The fourth-order valence-electron chi connectivity index (χ4n) is 3.55. The molecule has 1 aliphatic heterocycles. The molecule has 8 nitrogen and oxygen atoms in total. The van der Waals surface area contributed by atoms with Gasteiger partial charge < -0.3 is 25.6 Å². The third kappa shape index (κ3) is 3.81. The van der Waals surface area contributed by atoms with Gasteiger partial charge >= 0.3 is 0 Å². The summed E-state index contributed by atoms with van der Waals surface area (Å²) in [6.45, 7) is 1.96. The molecule has 28 heavy (non-hydrogen) atoms. The van der Waals surface area contributed by atoms with Crippen molar-refractivity contribution in [3.63, 3.8) is 0 Å². The minimum atomic E-state index is -0.304. The number of nitrogens with zero attached hydrogens (tertiary/aromatic N) is 4. The number of aromatic nitrogens is 3. The molecule has 4 N–H and O–H groups in total. The molecule has 0 spiro atoms. The van der Waals surface area contributed by atoms with Crippen molar-refractivity contribution in [3.05, 3.63) is 34.8 Å². The zero-order valence-electron chi connectivity index (χ0n) is 15.8. The lowest BCUT2D eigenvalue weighted by atomic mass is 10.2. The summed E-state index contributed by atoms with van der Waals surface area (Å²) in [5.74, 6) is 0.718. The summed E-state index contributed by atoms with van der Waals surface area (Å²) < 4.78 is 2.01. The Labute approximate surface area is 167 Å². The Balaban J connectivity index is 1.40. The van der Waals surface area contributed by atoms with Gasteiger partial charge in [0.05, 0.1) is 22.8 Å².